The first-order valence-electron chi connectivity index (χ1n) is 5.21. The molecular formula is C10H10BNO6. The number of furan rings is 1. The zero-order chi connectivity index (χ0) is 13.1. The molecule has 0 unspecified atom stereocenters. The standard InChI is InChI=1S/C10H10BNO6/c1-12-4-9(14)17-11(18-10(15)5-12)8-3-2-7(6-13)16-8/h2-3,6H,4-5H2,1H3. The van der Waals surface area contributed by atoms with Crippen molar-refractivity contribution in [1.82, 2.24) is 4.90 Å². The molecule has 7 nitrogen and oxygen atoms in total. The molecule has 0 aliphatic carbocycles. The predicted molar refractivity (Wildman–Crippen MR) is 59.2 cm³/mol. The van der Waals surface area contributed by atoms with Crippen LogP contribution in [0.15, 0.2) is 16.5 Å². The summed E-state index contributed by atoms with van der Waals surface area (Å²) in [6.07, 6.45) is 0.504. The summed E-state index contributed by atoms with van der Waals surface area (Å²) in [7, 11) is 0.354. The fraction of sp³-hybridized carbons (Fsp3) is 0.300. The number of hydrogen-bond donors (Lipinski definition) is 0. The van der Waals surface area contributed by atoms with E-state index in [-0.39, 0.29) is 24.5 Å². The van der Waals surface area contributed by atoms with Crippen LogP contribution >= 0.6 is 0 Å². The van der Waals surface area contributed by atoms with E-state index in [1.165, 1.54) is 17.0 Å². The summed E-state index contributed by atoms with van der Waals surface area (Å²) >= 11 is 0. The van der Waals surface area contributed by atoms with Gasteiger partial charge in [0.15, 0.2) is 17.7 Å². The minimum atomic E-state index is -1.24. The van der Waals surface area contributed by atoms with Crippen LogP contribution < -0.4 is 5.66 Å². The zero-order valence-corrected chi connectivity index (χ0v) is 9.62. The number of nitrogens with zero attached hydrogens (tertiary/aromatic N) is 1. The minimum absolute atomic E-state index is 0.0210. The molecule has 0 aromatic carbocycles. The van der Waals surface area contributed by atoms with Crippen LogP contribution in [0.1, 0.15) is 10.6 Å². The van der Waals surface area contributed by atoms with Crippen molar-refractivity contribution in [1.29, 1.82) is 0 Å². The first-order valence-corrected chi connectivity index (χ1v) is 5.21. The van der Waals surface area contributed by atoms with Gasteiger partial charge in [0.05, 0.1) is 13.1 Å². The van der Waals surface area contributed by atoms with Crippen LogP contribution in [0.25, 0.3) is 0 Å². The van der Waals surface area contributed by atoms with Gasteiger partial charge in [-0.3, -0.25) is 19.3 Å². The maximum absolute atomic E-state index is 11.4. The van der Waals surface area contributed by atoms with Crippen molar-refractivity contribution >= 4 is 31.0 Å². The Balaban J connectivity index is 2.17. The predicted octanol–water partition coefficient (Wildman–Crippen LogP) is -1.18. The third-order valence-electron chi connectivity index (χ3n) is 2.27. The molecule has 2 heterocycles. The van der Waals surface area contributed by atoms with Crippen LogP contribution in [-0.4, -0.2) is 50.4 Å². The molecular weight excluding hydrogens is 241 g/mol. The van der Waals surface area contributed by atoms with E-state index < -0.39 is 19.1 Å². The van der Waals surface area contributed by atoms with Crippen molar-refractivity contribution in [2.45, 2.75) is 0 Å². The van der Waals surface area contributed by atoms with Gasteiger partial charge >= 0.3 is 19.1 Å². The third kappa shape index (κ3) is 2.78. The SMILES string of the molecule is CN1CC(=O)OB(c2ccc(C=O)o2)OC(=O)C1. The van der Waals surface area contributed by atoms with E-state index in [0.29, 0.717) is 6.29 Å². The Morgan fingerprint density at radius 3 is 2.33 bits per heavy atom. The third-order valence-corrected chi connectivity index (χ3v) is 2.27. The fourth-order valence-electron chi connectivity index (χ4n) is 1.51. The van der Waals surface area contributed by atoms with Crippen LogP contribution in [-0.2, 0) is 18.9 Å². The summed E-state index contributed by atoms with van der Waals surface area (Å²) in [5.41, 5.74) is 0.100. The number of hydrogen-bond acceptors (Lipinski definition) is 7. The summed E-state index contributed by atoms with van der Waals surface area (Å²) in [5, 5.41) is 0. The van der Waals surface area contributed by atoms with Gasteiger partial charge in [0, 0.05) is 0 Å². The molecule has 94 valence electrons. The van der Waals surface area contributed by atoms with Gasteiger partial charge in [0.25, 0.3) is 0 Å². The van der Waals surface area contributed by atoms with Gasteiger partial charge in [-0.1, -0.05) is 0 Å². The Labute approximate surface area is 103 Å². The van der Waals surface area contributed by atoms with Gasteiger partial charge in [0.1, 0.15) is 0 Å². The van der Waals surface area contributed by atoms with E-state index in [0.717, 1.165) is 0 Å². The number of carbonyl (C=O) groups is 3. The molecule has 1 aliphatic heterocycles. The highest BCUT2D eigenvalue weighted by Crippen LogP contribution is 2.03. The van der Waals surface area contributed by atoms with Crippen LogP contribution in [0.2, 0.25) is 0 Å². The van der Waals surface area contributed by atoms with E-state index in [4.69, 9.17) is 13.7 Å². The van der Waals surface area contributed by atoms with E-state index in [1.54, 1.807) is 7.05 Å². The van der Waals surface area contributed by atoms with Gasteiger partial charge in [-0.25, -0.2) is 0 Å². The van der Waals surface area contributed by atoms with Crippen molar-refractivity contribution in [3.63, 3.8) is 0 Å². The van der Waals surface area contributed by atoms with Crippen LogP contribution in [0, 0.1) is 0 Å². The smallest absolute Gasteiger partial charge is 0.492 e. The van der Waals surface area contributed by atoms with Gasteiger partial charge in [-0.2, -0.15) is 0 Å². The Morgan fingerprint density at radius 1 is 1.22 bits per heavy atom. The van der Waals surface area contributed by atoms with Gasteiger partial charge in [-0.05, 0) is 19.2 Å². The first kappa shape index (κ1) is 12.4. The van der Waals surface area contributed by atoms with E-state index in [1.807, 2.05) is 0 Å². The van der Waals surface area contributed by atoms with Crippen molar-refractivity contribution in [2.24, 2.45) is 0 Å². The second-order valence-corrected chi connectivity index (χ2v) is 3.84. The molecule has 0 N–H and O–H groups in total. The molecule has 1 aromatic rings. The molecule has 1 aromatic heterocycles. The molecule has 1 fully saturated rings. The van der Waals surface area contributed by atoms with Crippen molar-refractivity contribution < 1.29 is 28.1 Å². The van der Waals surface area contributed by atoms with Gasteiger partial charge in [-0.15, -0.1) is 0 Å². The van der Waals surface area contributed by atoms with Crippen molar-refractivity contribution in [3.8, 4) is 0 Å². The molecule has 0 spiro atoms. The Kier molecular flexibility index (Phi) is 3.47. The molecule has 0 saturated carbocycles. The van der Waals surface area contributed by atoms with Crippen molar-refractivity contribution in [2.75, 3.05) is 20.1 Å². The maximum Gasteiger partial charge on any atom is 0.674 e. The highest BCUT2D eigenvalue weighted by Gasteiger charge is 2.36. The lowest BCUT2D eigenvalue weighted by Crippen LogP contribution is -2.47. The molecule has 8 heteroatoms. The van der Waals surface area contributed by atoms with Gasteiger partial charge < -0.3 is 13.7 Å². The van der Waals surface area contributed by atoms with E-state index in [9.17, 15) is 14.4 Å². The molecule has 1 saturated heterocycles. The molecule has 0 amide bonds. The van der Waals surface area contributed by atoms with Gasteiger partial charge in [0.2, 0.25) is 0 Å². The fourth-order valence-corrected chi connectivity index (χ4v) is 1.51. The summed E-state index contributed by atoms with van der Waals surface area (Å²) in [4.78, 5) is 34.8. The average molecular weight is 251 g/mol. The number of aldehydes is 1. The summed E-state index contributed by atoms with van der Waals surface area (Å²) < 4.78 is 14.9. The summed E-state index contributed by atoms with van der Waals surface area (Å²) in [6.45, 7) is -0.0420. The lowest BCUT2D eigenvalue weighted by Gasteiger charge is -2.21. The Hall–Kier alpha value is -2.09. The number of rotatable bonds is 2. The number of likely N-dealkylation sites (N-methyl/N-ethyl adjacent to an activating group) is 1. The van der Waals surface area contributed by atoms with Crippen LogP contribution in [0.5, 0.6) is 0 Å². The normalized spacial score (nSPS) is 17.7. The molecule has 0 atom stereocenters. The lowest BCUT2D eigenvalue weighted by atomic mass is 9.85. The zero-order valence-electron chi connectivity index (χ0n) is 9.62. The molecule has 2 rings (SSSR count). The van der Waals surface area contributed by atoms with Crippen LogP contribution in [0.3, 0.4) is 0 Å². The second kappa shape index (κ2) is 5.05. The quantitative estimate of drug-likeness (QED) is 0.483. The van der Waals surface area contributed by atoms with E-state index in [2.05, 4.69) is 0 Å². The summed E-state index contributed by atoms with van der Waals surface area (Å²) in [6, 6.07) is 2.81. The van der Waals surface area contributed by atoms with Crippen LogP contribution in [0.4, 0.5) is 0 Å². The monoisotopic (exact) mass is 251 g/mol. The Bertz CT molecular complexity index is 464. The molecule has 18 heavy (non-hydrogen) atoms. The first-order chi connectivity index (χ1) is 8.58. The second-order valence-electron chi connectivity index (χ2n) is 3.84. The molecule has 0 radical (unpaired) electrons. The average Bonchev–Trinajstić information content (AvgIpc) is 2.74. The lowest BCUT2D eigenvalue weighted by molar-refractivity contribution is -0.145. The van der Waals surface area contributed by atoms with Crippen molar-refractivity contribution in [3.05, 3.63) is 17.9 Å². The molecule has 1 aliphatic rings. The highest BCUT2D eigenvalue weighted by molar-refractivity contribution is 6.63. The summed E-state index contributed by atoms with van der Waals surface area (Å²) in [5.74, 6) is -1.02. The maximum atomic E-state index is 11.4. The topological polar surface area (TPSA) is 86.1 Å². The number of carbonyl (C=O) groups excluding carboxylic acids is 3. The minimum Gasteiger partial charge on any atom is -0.492 e. The highest BCUT2D eigenvalue weighted by atomic mass is 16.6. The largest absolute Gasteiger partial charge is 0.674 e. The molecule has 0 bridgehead atoms. The Morgan fingerprint density at radius 2 is 1.83 bits per heavy atom. The van der Waals surface area contributed by atoms with E-state index >= 15 is 0 Å².